The van der Waals surface area contributed by atoms with Crippen molar-refractivity contribution in [1.82, 2.24) is 15.6 Å². The van der Waals surface area contributed by atoms with E-state index in [4.69, 9.17) is 5.11 Å². The first-order valence-corrected chi connectivity index (χ1v) is 9.67. The highest BCUT2D eigenvalue weighted by molar-refractivity contribution is 14.0. The molecular weight excluding hydrogens is 435 g/mol. The van der Waals surface area contributed by atoms with E-state index in [0.29, 0.717) is 5.92 Å². The van der Waals surface area contributed by atoms with Gasteiger partial charge in [0.25, 0.3) is 0 Å². The first-order valence-electron chi connectivity index (χ1n) is 8.79. The van der Waals surface area contributed by atoms with Gasteiger partial charge >= 0.3 is 0 Å². The van der Waals surface area contributed by atoms with Crippen molar-refractivity contribution in [2.45, 2.75) is 52.9 Å². The number of nitrogens with zero attached hydrogens (tertiary/aromatic N) is 2. The van der Waals surface area contributed by atoms with E-state index in [0.717, 1.165) is 63.4 Å². The topological polar surface area (TPSA) is 69.5 Å². The summed E-state index contributed by atoms with van der Waals surface area (Å²) in [6, 6.07) is 0. The Hall–Kier alpha value is -0.410. The molecule has 1 atom stereocenters. The van der Waals surface area contributed by atoms with Gasteiger partial charge in [-0.05, 0) is 32.1 Å². The summed E-state index contributed by atoms with van der Waals surface area (Å²) in [7, 11) is 0. The zero-order valence-corrected chi connectivity index (χ0v) is 18.3. The first kappa shape index (κ1) is 23.6. The van der Waals surface area contributed by atoms with Crippen molar-refractivity contribution in [3.63, 3.8) is 0 Å². The van der Waals surface area contributed by atoms with Gasteiger partial charge in [-0.3, -0.25) is 4.99 Å². The lowest BCUT2D eigenvalue weighted by atomic mass is 10.0. The van der Waals surface area contributed by atoms with Crippen molar-refractivity contribution in [2.24, 2.45) is 10.9 Å². The lowest BCUT2D eigenvalue weighted by Gasteiger charge is -2.15. The zero-order chi connectivity index (χ0) is 16.9. The summed E-state index contributed by atoms with van der Waals surface area (Å²) in [5, 5.41) is 19.1. The summed E-state index contributed by atoms with van der Waals surface area (Å²) >= 11 is 1.74. The number of hydrogen-bond donors (Lipinski definition) is 3. The normalized spacial score (nSPS) is 12.6. The Morgan fingerprint density at radius 2 is 2.08 bits per heavy atom. The molecule has 0 aromatic carbocycles. The van der Waals surface area contributed by atoms with Gasteiger partial charge in [-0.2, -0.15) is 0 Å². The molecule has 0 saturated carbocycles. The second-order valence-electron chi connectivity index (χ2n) is 5.65. The Bertz CT molecular complexity index is 448. The highest BCUT2D eigenvalue weighted by Gasteiger charge is 2.07. The summed E-state index contributed by atoms with van der Waals surface area (Å²) in [5.41, 5.74) is 1.15. The van der Waals surface area contributed by atoms with Crippen LogP contribution in [-0.2, 0) is 12.8 Å². The number of guanidine groups is 1. The molecule has 1 rings (SSSR count). The van der Waals surface area contributed by atoms with Crippen molar-refractivity contribution in [1.29, 1.82) is 0 Å². The van der Waals surface area contributed by atoms with Crippen molar-refractivity contribution >= 4 is 41.3 Å². The third-order valence-electron chi connectivity index (χ3n) is 3.66. The third kappa shape index (κ3) is 9.78. The molecule has 140 valence electrons. The van der Waals surface area contributed by atoms with Crippen molar-refractivity contribution in [3.8, 4) is 0 Å². The van der Waals surface area contributed by atoms with Crippen LogP contribution in [0.1, 0.15) is 50.7 Å². The molecule has 0 bridgehead atoms. The van der Waals surface area contributed by atoms with E-state index in [2.05, 4.69) is 46.8 Å². The number of aliphatic hydroxyl groups excluding tert-OH is 1. The van der Waals surface area contributed by atoms with Crippen LogP contribution < -0.4 is 10.6 Å². The summed E-state index contributed by atoms with van der Waals surface area (Å²) in [5.74, 6) is 1.32. The van der Waals surface area contributed by atoms with Crippen LogP contribution in [0.4, 0.5) is 0 Å². The van der Waals surface area contributed by atoms with Gasteiger partial charge in [0.15, 0.2) is 5.96 Å². The Morgan fingerprint density at radius 3 is 2.67 bits per heavy atom. The number of rotatable bonds is 11. The fraction of sp³-hybridized carbons (Fsp3) is 0.765. The second-order valence-corrected chi connectivity index (χ2v) is 6.59. The van der Waals surface area contributed by atoms with Crippen LogP contribution in [-0.4, -0.2) is 42.3 Å². The Labute approximate surface area is 167 Å². The molecule has 0 fully saturated rings. The molecule has 5 nitrogen and oxygen atoms in total. The van der Waals surface area contributed by atoms with Gasteiger partial charge in [0, 0.05) is 38.0 Å². The van der Waals surface area contributed by atoms with Crippen LogP contribution in [0.2, 0.25) is 0 Å². The highest BCUT2D eigenvalue weighted by Crippen LogP contribution is 2.11. The summed E-state index contributed by atoms with van der Waals surface area (Å²) in [6.07, 6.45) is 4.99. The monoisotopic (exact) mass is 468 g/mol. The SMILES string of the molecule is CCCC(CCO)CN=C(NCC)NCCc1csc(CC)n1.I. The molecular formula is C17H33IN4OS. The minimum absolute atomic E-state index is 0. The van der Waals surface area contributed by atoms with Crippen LogP contribution >= 0.6 is 35.3 Å². The van der Waals surface area contributed by atoms with E-state index in [-0.39, 0.29) is 30.6 Å². The molecule has 0 spiro atoms. The standard InChI is InChI=1S/C17H32N4OS.HI/c1-4-7-14(9-11-22)12-20-17(18-6-3)19-10-8-15-13-23-16(5-2)21-15;/h13-14,22H,4-12H2,1-3H3,(H2,18,19,20);1H. The number of aliphatic imine (C=N–C) groups is 1. The average molecular weight is 468 g/mol. The molecule has 7 heteroatoms. The quantitative estimate of drug-likeness (QED) is 0.265. The number of halogens is 1. The number of aromatic nitrogens is 1. The van der Waals surface area contributed by atoms with Crippen molar-refractivity contribution in [3.05, 3.63) is 16.1 Å². The van der Waals surface area contributed by atoms with E-state index >= 15 is 0 Å². The first-order chi connectivity index (χ1) is 11.2. The molecule has 1 unspecified atom stereocenters. The zero-order valence-electron chi connectivity index (χ0n) is 15.2. The van der Waals surface area contributed by atoms with Gasteiger partial charge in [0.1, 0.15) is 0 Å². The summed E-state index contributed by atoms with van der Waals surface area (Å²) < 4.78 is 0. The lowest BCUT2D eigenvalue weighted by Crippen LogP contribution is -2.38. The molecule has 24 heavy (non-hydrogen) atoms. The molecule has 0 aliphatic heterocycles. The third-order valence-corrected chi connectivity index (χ3v) is 4.70. The smallest absolute Gasteiger partial charge is 0.191 e. The molecule has 0 radical (unpaired) electrons. The van der Waals surface area contributed by atoms with E-state index in [1.54, 1.807) is 11.3 Å². The minimum atomic E-state index is 0. The van der Waals surface area contributed by atoms with Crippen LogP contribution in [0.3, 0.4) is 0 Å². The van der Waals surface area contributed by atoms with Gasteiger partial charge in [-0.15, -0.1) is 35.3 Å². The second kappa shape index (κ2) is 14.9. The fourth-order valence-electron chi connectivity index (χ4n) is 2.41. The van der Waals surface area contributed by atoms with Crippen LogP contribution in [0.15, 0.2) is 10.4 Å². The molecule has 1 heterocycles. The lowest BCUT2D eigenvalue weighted by molar-refractivity contribution is 0.253. The van der Waals surface area contributed by atoms with E-state index in [1.807, 2.05) is 0 Å². The largest absolute Gasteiger partial charge is 0.396 e. The Balaban J connectivity index is 0.00000529. The van der Waals surface area contributed by atoms with E-state index < -0.39 is 0 Å². The molecule has 0 amide bonds. The predicted molar refractivity (Wildman–Crippen MR) is 115 cm³/mol. The van der Waals surface area contributed by atoms with Crippen LogP contribution in [0.25, 0.3) is 0 Å². The molecule has 0 aliphatic rings. The summed E-state index contributed by atoms with van der Waals surface area (Å²) in [6.45, 7) is 9.07. The van der Waals surface area contributed by atoms with Gasteiger partial charge < -0.3 is 15.7 Å². The predicted octanol–water partition coefficient (Wildman–Crippen LogP) is 3.22. The minimum Gasteiger partial charge on any atom is -0.396 e. The maximum Gasteiger partial charge on any atom is 0.191 e. The molecule has 1 aromatic heterocycles. The number of thiazole rings is 1. The Kier molecular flexibility index (Phi) is 14.6. The fourth-order valence-corrected chi connectivity index (χ4v) is 3.19. The maximum absolute atomic E-state index is 9.14. The van der Waals surface area contributed by atoms with Gasteiger partial charge in [-0.1, -0.05) is 20.3 Å². The van der Waals surface area contributed by atoms with Gasteiger partial charge in [-0.25, -0.2) is 4.98 Å². The van der Waals surface area contributed by atoms with Crippen LogP contribution in [0, 0.1) is 5.92 Å². The van der Waals surface area contributed by atoms with E-state index in [1.165, 1.54) is 5.01 Å². The number of hydrogen-bond acceptors (Lipinski definition) is 4. The Morgan fingerprint density at radius 1 is 1.29 bits per heavy atom. The summed E-state index contributed by atoms with van der Waals surface area (Å²) in [4.78, 5) is 9.25. The maximum atomic E-state index is 9.14. The number of nitrogens with one attached hydrogen (secondary N) is 2. The van der Waals surface area contributed by atoms with Gasteiger partial charge in [0.05, 0.1) is 10.7 Å². The molecule has 0 aliphatic carbocycles. The molecule has 3 N–H and O–H groups in total. The number of aliphatic hydroxyl groups is 1. The van der Waals surface area contributed by atoms with Crippen molar-refractivity contribution < 1.29 is 5.11 Å². The molecule has 1 aromatic rings. The van der Waals surface area contributed by atoms with E-state index in [9.17, 15) is 0 Å². The van der Waals surface area contributed by atoms with Gasteiger partial charge in [0.2, 0.25) is 0 Å². The number of aryl methyl sites for hydroxylation is 1. The van der Waals surface area contributed by atoms with Crippen molar-refractivity contribution in [2.75, 3.05) is 26.2 Å². The highest BCUT2D eigenvalue weighted by atomic mass is 127. The molecule has 0 saturated heterocycles. The average Bonchev–Trinajstić information content (AvgIpc) is 3.01. The van der Waals surface area contributed by atoms with Crippen LogP contribution in [0.5, 0.6) is 0 Å².